The summed E-state index contributed by atoms with van der Waals surface area (Å²) in [5.41, 5.74) is 0.649. The Kier molecular flexibility index (Phi) is 4.08. The number of carbonyl (C=O) groups is 1. The molecule has 74 valence electrons. The highest BCUT2D eigenvalue weighted by Gasteiger charge is 2.09. The molecule has 0 saturated heterocycles. The van der Waals surface area contributed by atoms with Gasteiger partial charge in [0.1, 0.15) is 0 Å². The Morgan fingerprint density at radius 3 is 2.64 bits per heavy atom. The van der Waals surface area contributed by atoms with Gasteiger partial charge in [-0.05, 0) is 6.92 Å². The van der Waals surface area contributed by atoms with Gasteiger partial charge in [0.2, 0.25) is 0 Å². The molecule has 2 nitrogen and oxygen atoms in total. The molecule has 0 aliphatic rings. The molecule has 1 aromatic carbocycles. The molecule has 0 aliphatic carbocycles. The van der Waals surface area contributed by atoms with E-state index in [1.165, 1.54) is 0 Å². The van der Waals surface area contributed by atoms with E-state index < -0.39 is 6.10 Å². The first kappa shape index (κ1) is 10.7. The molecule has 1 unspecified atom stereocenters. The molecular formula is C12H14O2. The molecular weight excluding hydrogens is 176 g/mol. The standard InChI is InChI=1S/C12H14O2/c1-2-6-11(13)9-12(14)10-7-4-3-5-8-10/h2-8,11,13H,9H2,1H3. The van der Waals surface area contributed by atoms with Crippen LogP contribution in [0.2, 0.25) is 0 Å². The van der Waals surface area contributed by atoms with E-state index >= 15 is 0 Å². The Balaban J connectivity index is 2.59. The van der Waals surface area contributed by atoms with Gasteiger partial charge in [-0.25, -0.2) is 0 Å². The number of aliphatic hydroxyl groups is 1. The van der Waals surface area contributed by atoms with Crippen LogP contribution in [0.5, 0.6) is 0 Å². The predicted molar refractivity (Wildman–Crippen MR) is 56.2 cm³/mol. The number of aliphatic hydroxyl groups excluding tert-OH is 1. The van der Waals surface area contributed by atoms with E-state index in [1.807, 2.05) is 25.1 Å². The minimum atomic E-state index is -0.673. The van der Waals surface area contributed by atoms with E-state index in [0.29, 0.717) is 5.56 Å². The third-order valence-electron chi connectivity index (χ3n) is 1.90. The lowest BCUT2D eigenvalue weighted by Gasteiger charge is -2.03. The van der Waals surface area contributed by atoms with E-state index in [9.17, 15) is 9.90 Å². The summed E-state index contributed by atoms with van der Waals surface area (Å²) in [4.78, 5) is 11.5. The van der Waals surface area contributed by atoms with E-state index in [0.717, 1.165) is 0 Å². The summed E-state index contributed by atoms with van der Waals surface area (Å²) in [6.45, 7) is 1.82. The molecule has 14 heavy (non-hydrogen) atoms. The Morgan fingerprint density at radius 2 is 2.07 bits per heavy atom. The summed E-state index contributed by atoms with van der Waals surface area (Å²) < 4.78 is 0. The van der Waals surface area contributed by atoms with Crippen LogP contribution in [0.3, 0.4) is 0 Å². The maximum absolute atomic E-state index is 11.5. The first-order valence-electron chi connectivity index (χ1n) is 4.63. The summed E-state index contributed by atoms with van der Waals surface area (Å²) in [6.07, 6.45) is 2.82. The minimum absolute atomic E-state index is 0.0313. The first-order chi connectivity index (χ1) is 6.74. The topological polar surface area (TPSA) is 37.3 Å². The second-order valence-corrected chi connectivity index (χ2v) is 3.09. The Labute approximate surface area is 83.9 Å². The molecule has 0 amide bonds. The van der Waals surface area contributed by atoms with Crippen LogP contribution in [0.1, 0.15) is 23.7 Å². The summed E-state index contributed by atoms with van der Waals surface area (Å²) >= 11 is 0. The number of carbonyl (C=O) groups excluding carboxylic acids is 1. The van der Waals surface area contributed by atoms with Crippen molar-refractivity contribution in [2.45, 2.75) is 19.4 Å². The lowest BCUT2D eigenvalue weighted by atomic mass is 10.1. The zero-order valence-corrected chi connectivity index (χ0v) is 8.18. The second-order valence-electron chi connectivity index (χ2n) is 3.09. The van der Waals surface area contributed by atoms with Gasteiger partial charge in [0, 0.05) is 12.0 Å². The fourth-order valence-electron chi connectivity index (χ4n) is 1.22. The zero-order chi connectivity index (χ0) is 10.4. The number of hydrogen-bond donors (Lipinski definition) is 1. The van der Waals surface area contributed by atoms with Crippen molar-refractivity contribution in [2.75, 3.05) is 0 Å². The molecule has 2 heteroatoms. The number of rotatable bonds is 4. The molecule has 0 aromatic heterocycles. The number of benzene rings is 1. The van der Waals surface area contributed by atoms with E-state index in [2.05, 4.69) is 0 Å². The van der Waals surface area contributed by atoms with Gasteiger partial charge in [-0.15, -0.1) is 0 Å². The van der Waals surface area contributed by atoms with Crippen molar-refractivity contribution in [3.63, 3.8) is 0 Å². The van der Waals surface area contributed by atoms with Gasteiger partial charge in [0.15, 0.2) is 5.78 Å². The van der Waals surface area contributed by atoms with Crippen molar-refractivity contribution in [3.05, 3.63) is 48.0 Å². The van der Waals surface area contributed by atoms with Crippen molar-refractivity contribution < 1.29 is 9.90 Å². The van der Waals surface area contributed by atoms with Crippen molar-refractivity contribution >= 4 is 5.78 Å². The van der Waals surface area contributed by atoms with Gasteiger partial charge < -0.3 is 5.11 Å². The van der Waals surface area contributed by atoms with Crippen LogP contribution >= 0.6 is 0 Å². The molecule has 0 spiro atoms. The third kappa shape index (κ3) is 3.15. The average Bonchev–Trinajstić information content (AvgIpc) is 2.19. The highest BCUT2D eigenvalue weighted by atomic mass is 16.3. The van der Waals surface area contributed by atoms with Crippen molar-refractivity contribution in [2.24, 2.45) is 0 Å². The maximum Gasteiger partial charge on any atom is 0.165 e. The maximum atomic E-state index is 11.5. The van der Waals surface area contributed by atoms with Gasteiger partial charge in [0.25, 0.3) is 0 Å². The molecule has 1 aromatic rings. The van der Waals surface area contributed by atoms with Gasteiger partial charge >= 0.3 is 0 Å². The van der Waals surface area contributed by atoms with Crippen molar-refractivity contribution in [1.82, 2.24) is 0 Å². The lowest BCUT2D eigenvalue weighted by molar-refractivity contribution is 0.0922. The lowest BCUT2D eigenvalue weighted by Crippen LogP contribution is -2.10. The fraction of sp³-hybridized carbons (Fsp3) is 0.250. The van der Waals surface area contributed by atoms with Crippen LogP contribution in [0.4, 0.5) is 0 Å². The summed E-state index contributed by atoms with van der Waals surface area (Å²) in [5, 5.41) is 9.37. The normalized spacial score (nSPS) is 13.0. The van der Waals surface area contributed by atoms with Crippen LogP contribution in [0.15, 0.2) is 42.5 Å². The smallest absolute Gasteiger partial charge is 0.165 e. The van der Waals surface area contributed by atoms with E-state index in [4.69, 9.17) is 0 Å². The monoisotopic (exact) mass is 190 g/mol. The van der Waals surface area contributed by atoms with E-state index in [1.54, 1.807) is 24.3 Å². The largest absolute Gasteiger partial charge is 0.389 e. The Hall–Kier alpha value is -1.41. The second kappa shape index (κ2) is 5.35. The number of Topliss-reactive ketones (excluding diaryl/α,β-unsaturated/α-hetero) is 1. The predicted octanol–water partition coefficient (Wildman–Crippen LogP) is 2.20. The molecule has 0 aliphatic heterocycles. The Morgan fingerprint density at radius 1 is 1.43 bits per heavy atom. The third-order valence-corrected chi connectivity index (χ3v) is 1.90. The number of hydrogen-bond acceptors (Lipinski definition) is 2. The molecule has 0 radical (unpaired) electrons. The molecule has 1 rings (SSSR count). The van der Waals surface area contributed by atoms with Gasteiger partial charge in [0.05, 0.1) is 6.10 Å². The summed E-state index contributed by atoms with van der Waals surface area (Å²) in [5.74, 6) is -0.0313. The molecule has 1 atom stereocenters. The molecule has 1 N–H and O–H groups in total. The first-order valence-corrected chi connectivity index (χ1v) is 4.63. The van der Waals surface area contributed by atoms with Crippen LogP contribution in [-0.4, -0.2) is 17.0 Å². The molecule has 0 fully saturated rings. The summed E-state index contributed by atoms with van der Waals surface area (Å²) in [6, 6.07) is 9.00. The molecule has 0 saturated carbocycles. The van der Waals surface area contributed by atoms with E-state index in [-0.39, 0.29) is 12.2 Å². The molecule has 0 bridgehead atoms. The van der Waals surface area contributed by atoms with Crippen LogP contribution < -0.4 is 0 Å². The van der Waals surface area contributed by atoms with Crippen molar-refractivity contribution in [1.29, 1.82) is 0 Å². The zero-order valence-electron chi connectivity index (χ0n) is 8.18. The number of ketones is 1. The average molecular weight is 190 g/mol. The van der Waals surface area contributed by atoms with Crippen LogP contribution in [0.25, 0.3) is 0 Å². The Bertz CT molecular complexity index is 314. The highest BCUT2D eigenvalue weighted by molar-refractivity contribution is 5.96. The van der Waals surface area contributed by atoms with Crippen molar-refractivity contribution in [3.8, 4) is 0 Å². The van der Waals surface area contributed by atoms with Crippen LogP contribution in [0, 0.1) is 0 Å². The number of allylic oxidation sites excluding steroid dienone is 1. The molecule has 0 heterocycles. The quantitative estimate of drug-likeness (QED) is 0.583. The minimum Gasteiger partial charge on any atom is -0.389 e. The fourth-order valence-corrected chi connectivity index (χ4v) is 1.22. The summed E-state index contributed by atoms with van der Waals surface area (Å²) in [7, 11) is 0. The van der Waals surface area contributed by atoms with Crippen LogP contribution in [-0.2, 0) is 0 Å². The highest BCUT2D eigenvalue weighted by Crippen LogP contribution is 2.05. The SMILES string of the molecule is CC=CC(O)CC(=O)c1ccccc1. The van der Waals surface area contributed by atoms with Gasteiger partial charge in [-0.2, -0.15) is 0 Å². The van der Waals surface area contributed by atoms with Gasteiger partial charge in [-0.1, -0.05) is 42.5 Å². The van der Waals surface area contributed by atoms with Gasteiger partial charge in [-0.3, -0.25) is 4.79 Å².